The summed E-state index contributed by atoms with van der Waals surface area (Å²) in [6.07, 6.45) is 1.87. The Morgan fingerprint density at radius 1 is 1.60 bits per heavy atom. The molecule has 1 atom stereocenters. The van der Waals surface area contributed by atoms with Gasteiger partial charge >= 0.3 is 0 Å². The standard InChI is InChI=1S/C6H12ClO2P/c1-3-9-5-6-10(7,8)4-2/h5-6H,3-4H2,1-2H3. The van der Waals surface area contributed by atoms with Crippen LogP contribution in [0.4, 0.5) is 0 Å². The molecule has 10 heavy (non-hydrogen) atoms. The van der Waals surface area contributed by atoms with Crippen LogP contribution in [0.2, 0.25) is 0 Å². The quantitative estimate of drug-likeness (QED) is 0.494. The van der Waals surface area contributed by atoms with E-state index in [-0.39, 0.29) is 0 Å². The van der Waals surface area contributed by atoms with Crippen molar-refractivity contribution < 1.29 is 9.30 Å². The van der Waals surface area contributed by atoms with Gasteiger partial charge in [-0.3, -0.25) is 0 Å². The van der Waals surface area contributed by atoms with E-state index in [0.29, 0.717) is 12.8 Å². The van der Waals surface area contributed by atoms with E-state index < -0.39 is 6.49 Å². The number of ether oxygens (including phenoxy) is 1. The molecule has 0 spiro atoms. The minimum Gasteiger partial charge on any atom is -0.501 e. The molecule has 0 aromatic rings. The van der Waals surface area contributed by atoms with E-state index in [1.54, 1.807) is 6.92 Å². The Morgan fingerprint density at radius 2 is 2.20 bits per heavy atom. The number of hydrogen-bond acceptors (Lipinski definition) is 2. The predicted molar refractivity (Wildman–Crippen MR) is 44.8 cm³/mol. The highest BCUT2D eigenvalue weighted by molar-refractivity contribution is 7.91. The Kier molecular flexibility index (Phi) is 4.84. The fraction of sp³-hybridized carbons (Fsp3) is 0.667. The maximum Gasteiger partial charge on any atom is 0.193 e. The van der Waals surface area contributed by atoms with Gasteiger partial charge in [0.05, 0.1) is 12.9 Å². The van der Waals surface area contributed by atoms with Crippen molar-refractivity contribution in [3.05, 3.63) is 12.1 Å². The van der Waals surface area contributed by atoms with Crippen molar-refractivity contribution in [3.8, 4) is 0 Å². The number of halogens is 1. The van der Waals surface area contributed by atoms with E-state index in [9.17, 15) is 4.57 Å². The predicted octanol–water partition coefficient (Wildman–Crippen LogP) is 3.03. The van der Waals surface area contributed by atoms with Crippen LogP contribution in [0.15, 0.2) is 12.1 Å². The summed E-state index contributed by atoms with van der Waals surface area (Å²) < 4.78 is 15.9. The molecule has 0 aromatic heterocycles. The minimum absolute atomic E-state index is 0.470. The molecule has 0 aromatic carbocycles. The molecule has 1 unspecified atom stereocenters. The van der Waals surface area contributed by atoms with E-state index in [2.05, 4.69) is 0 Å². The van der Waals surface area contributed by atoms with Crippen molar-refractivity contribution in [2.75, 3.05) is 12.8 Å². The lowest BCUT2D eigenvalue weighted by molar-refractivity contribution is 0.270. The second kappa shape index (κ2) is 4.81. The van der Waals surface area contributed by atoms with Crippen molar-refractivity contribution in [1.29, 1.82) is 0 Å². The van der Waals surface area contributed by atoms with Gasteiger partial charge < -0.3 is 9.30 Å². The third kappa shape index (κ3) is 4.89. The number of rotatable bonds is 4. The summed E-state index contributed by atoms with van der Waals surface area (Å²) in [6, 6.07) is 0. The van der Waals surface area contributed by atoms with Gasteiger partial charge in [-0.1, -0.05) is 6.92 Å². The lowest BCUT2D eigenvalue weighted by Gasteiger charge is -1.98. The third-order valence-electron chi connectivity index (χ3n) is 0.978. The van der Waals surface area contributed by atoms with Crippen LogP contribution in [0.25, 0.3) is 0 Å². The summed E-state index contributed by atoms with van der Waals surface area (Å²) in [4.78, 5) is 0. The van der Waals surface area contributed by atoms with Crippen molar-refractivity contribution in [2.45, 2.75) is 13.8 Å². The third-order valence-corrected chi connectivity index (χ3v) is 3.46. The van der Waals surface area contributed by atoms with Gasteiger partial charge in [0, 0.05) is 12.0 Å². The Balaban J connectivity index is 3.75. The normalized spacial score (nSPS) is 17.1. The van der Waals surface area contributed by atoms with E-state index in [1.807, 2.05) is 6.92 Å². The van der Waals surface area contributed by atoms with Gasteiger partial charge in [-0.2, -0.15) is 0 Å². The molecule has 0 radical (unpaired) electrons. The summed E-state index contributed by atoms with van der Waals surface area (Å²) in [5, 5.41) is 0. The smallest absolute Gasteiger partial charge is 0.193 e. The lowest BCUT2D eigenvalue weighted by atomic mass is 10.9. The maximum atomic E-state index is 11.1. The van der Waals surface area contributed by atoms with Gasteiger partial charge in [-0.15, -0.1) is 0 Å². The van der Waals surface area contributed by atoms with E-state index in [4.69, 9.17) is 16.0 Å². The van der Waals surface area contributed by atoms with Crippen molar-refractivity contribution >= 4 is 17.7 Å². The average molecular weight is 183 g/mol. The van der Waals surface area contributed by atoms with Gasteiger partial charge in [0.1, 0.15) is 0 Å². The van der Waals surface area contributed by atoms with Gasteiger partial charge in [0.2, 0.25) is 0 Å². The van der Waals surface area contributed by atoms with Crippen LogP contribution in [0, 0.1) is 0 Å². The minimum atomic E-state index is -2.54. The van der Waals surface area contributed by atoms with Crippen LogP contribution < -0.4 is 0 Å². The summed E-state index contributed by atoms with van der Waals surface area (Å²) in [5.41, 5.74) is 0. The first kappa shape index (κ1) is 10.1. The van der Waals surface area contributed by atoms with E-state index in [1.165, 1.54) is 12.1 Å². The molecule has 0 aliphatic rings. The first-order valence-corrected chi connectivity index (χ1v) is 6.06. The Labute approximate surface area is 66.4 Å². The second-order valence-electron chi connectivity index (χ2n) is 1.76. The molecule has 0 fully saturated rings. The first-order chi connectivity index (χ1) is 4.62. The second-order valence-corrected chi connectivity index (χ2v) is 5.81. The van der Waals surface area contributed by atoms with Crippen LogP contribution >= 0.6 is 17.7 Å². The Bertz CT molecular complexity index is 156. The average Bonchev–Trinajstić information content (AvgIpc) is 1.89. The zero-order valence-corrected chi connectivity index (χ0v) is 7.86. The van der Waals surface area contributed by atoms with Crippen LogP contribution in [0.5, 0.6) is 0 Å². The highest BCUT2D eigenvalue weighted by atomic mass is 35.7. The molecule has 0 heterocycles. The van der Waals surface area contributed by atoms with Crippen LogP contribution in [-0.4, -0.2) is 12.8 Å². The van der Waals surface area contributed by atoms with Gasteiger partial charge in [0.15, 0.2) is 6.49 Å². The van der Waals surface area contributed by atoms with Crippen molar-refractivity contribution in [3.63, 3.8) is 0 Å². The molecule has 4 heteroatoms. The van der Waals surface area contributed by atoms with E-state index >= 15 is 0 Å². The SMILES string of the molecule is CCOC=CP(=O)(Cl)CC. The molecule has 0 N–H and O–H groups in total. The molecule has 2 nitrogen and oxygen atoms in total. The molecular formula is C6H12ClO2P. The molecule has 0 rings (SSSR count). The number of hydrogen-bond donors (Lipinski definition) is 0. The first-order valence-electron chi connectivity index (χ1n) is 3.20. The lowest BCUT2D eigenvalue weighted by Crippen LogP contribution is -1.77. The topological polar surface area (TPSA) is 26.3 Å². The van der Waals surface area contributed by atoms with Crippen molar-refractivity contribution in [1.82, 2.24) is 0 Å². The summed E-state index contributed by atoms with van der Waals surface area (Å²) in [7, 11) is 0. The molecule has 0 amide bonds. The molecule has 0 aliphatic carbocycles. The molecule has 60 valence electrons. The maximum absolute atomic E-state index is 11.1. The van der Waals surface area contributed by atoms with Gasteiger partial charge in [0.25, 0.3) is 0 Å². The van der Waals surface area contributed by atoms with Gasteiger partial charge in [-0.25, -0.2) is 0 Å². The zero-order valence-electron chi connectivity index (χ0n) is 6.21. The monoisotopic (exact) mass is 182 g/mol. The van der Waals surface area contributed by atoms with Crippen LogP contribution in [0.1, 0.15) is 13.8 Å². The largest absolute Gasteiger partial charge is 0.501 e. The highest BCUT2D eigenvalue weighted by Gasteiger charge is 2.08. The molecular weight excluding hydrogens is 170 g/mol. The highest BCUT2D eigenvalue weighted by Crippen LogP contribution is 2.52. The summed E-state index contributed by atoms with van der Waals surface area (Å²) in [5.74, 6) is 1.43. The summed E-state index contributed by atoms with van der Waals surface area (Å²) >= 11 is 5.55. The van der Waals surface area contributed by atoms with Crippen LogP contribution in [-0.2, 0) is 9.30 Å². The fourth-order valence-electron chi connectivity index (χ4n) is 0.336. The molecule has 0 saturated heterocycles. The molecule has 0 saturated carbocycles. The fourth-order valence-corrected chi connectivity index (χ4v) is 0.952. The summed E-state index contributed by atoms with van der Waals surface area (Å²) in [6.45, 7) is 1.68. The van der Waals surface area contributed by atoms with Gasteiger partial charge in [-0.05, 0) is 18.2 Å². The molecule has 0 aliphatic heterocycles. The van der Waals surface area contributed by atoms with Crippen LogP contribution in [0.3, 0.4) is 0 Å². The Hall–Kier alpha value is 0.0600. The van der Waals surface area contributed by atoms with Crippen molar-refractivity contribution in [2.24, 2.45) is 0 Å². The van der Waals surface area contributed by atoms with E-state index in [0.717, 1.165) is 0 Å². The Morgan fingerprint density at radius 3 is 2.60 bits per heavy atom. The zero-order chi connectivity index (χ0) is 8.04. The molecule has 0 bridgehead atoms.